The molecule has 0 saturated heterocycles. The molecule has 1 aromatic carbocycles. The van der Waals surface area contributed by atoms with E-state index in [9.17, 15) is 4.79 Å². The van der Waals surface area contributed by atoms with Gasteiger partial charge in [0.25, 0.3) is 0 Å². The summed E-state index contributed by atoms with van der Waals surface area (Å²) in [5, 5.41) is 2.99. The third-order valence-corrected chi connectivity index (χ3v) is 2.28. The Hall–Kier alpha value is -1.91. The highest BCUT2D eigenvalue weighted by Crippen LogP contribution is 2.24. The van der Waals surface area contributed by atoms with Crippen molar-refractivity contribution in [1.82, 2.24) is 0 Å². The summed E-state index contributed by atoms with van der Waals surface area (Å²) < 4.78 is 5.29. The lowest BCUT2D eigenvalue weighted by Gasteiger charge is -2.25. The summed E-state index contributed by atoms with van der Waals surface area (Å²) in [5.41, 5.74) is 7.39. The average molecular weight is 251 g/mol. The molecule has 0 radical (unpaired) electrons. The summed E-state index contributed by atoms with van der Waals surface area (Å²) in [6.45, 7) is 5.49. The SMILES string of the molecule is CNc1cc(N)cc(N(C)C(=O)OC(C)(C)C)c1. The molecule has 3 N–H and O–H groups in total. The second kappa shape index (κ2) is 5.16. The zero-order valence-electron chi connectivity index (χ0n) is 11.6. The van der Waals surface area contributed by atoms with Gasteiger partial charge in [-0.1, -0.05) is 0 Å². The fourth-order valence-corrected chi connectivity index (χ4v) is 1.41. The summed E-state index contributed by atoms with van der Waals surface area (Å²) in [5.74, 6) is 0. The maximum Gasteiger partial charge on any atom is 0.414 e. The van der Waals surface area contributed by atoms with Crippen LogP contribution < -0.4 is 16.0 Å². The third-order valence-electron chi connectivity index (χ3n) is 2.28. The summed E-state index contributed by atoms with van der Waals surface area (Å²) in [6.07, 6.45) is -0.407. The largest absolute Gasteiger partial charge is 0.443 e. The average Bonchev–Trinajstić information content (AvgIpc) is 2.24. The van der Waals surface area contributed by atoms with Gasteiger partial charge in [-0.05, 0) is 39.0 Å². The standard InChI is InChI=1S/C13H21N3O2/c1-13(2,3)18-12(17)16(5)11-7-9(14)6-10(8-11)15-4/h6-8,15H,14H2,1-5H3. The van der Waals surface area contributed by atoms with E-state index in [1.165, 1.54) is 4.90 Å². The molecule has 0 aliphatic carbocycles. The summed E-state index contributed by atoms with van der Waals surface area (Å²) in [4.78, 5) is 13.3. The van der Waals surface area contributed by atoms with Crippen LogP contribution in [0.3, 0.4) is 0 Å². The lowest BCUT2D eigenvalue weighted by atomic mass is 10.2. The van der Waals surface area contributed by atoms with Gasteiger partial charge in [0, 0.05) is 25.5 Å². The van der Waals surface area contributed by atoms with Crippen LogP contribution in [0.15, 0.2) is 18.2 Å². The van der Waals surface area contributed by atoms with Crippen LogP contribution in [0.5, 0.6) is 0 Å². The quantitative estimate of drug-likeness (QED) is 0.793. The first-order valence-electron chi connectivity index (χ1n) is 5.78. The van der Waals surface area contributed by atoms with E-state index in [1.807, 2.05) is 26.8 Å². The minimum atomic E-state index is -0.516. The fourth-order valence-electron chi connectivity index (χ4n) is 1.41. The summed E-state index contributed by atoms with van der Waals surface area (Å²) in [7, 11) is 3.45. The third kappa shape index (κ3) is 3.84. The van der Waals surface area contributed by atoms with E-state index in [2.05, 4.69) is 5.32 Å². The van der Waals surface area contributed by atoms with Crippen molar-refractivity contribution in [1.29, 1.82) is 0 Å². The maximum absolute atomic E-state index is 11.9. The predicted octanol–water partition coefficient (Wildman–Crippen LogP) is 2.68. The van der Waals surface area contributed by atoms with Gasteiger partial charge in [-0.3, -0.25) is 4.90 Å². The number of nitrogens with zero attached hydrogens (tertiary/aromatic N) is 1. The Morgan fingerprint density at radius 3 is 2.44 bits per heavy atom. The van der Waals surface area contributed by atoms with E-state index in [0.717, 1.165) is 5.69 Å². The number of amides is 1. The van der Waals surface area contributed by atoms with Crippen molar-refractivity contribution in [2.75, 3.05) is 30.0 Å². The summed E-state index contributed by atoms with van der Waals surface area (Å²) >= 11 is 0. The maximum atomic E-state index is 11.9. The van der Waals surface area contributed by atoms with Crippen LogP contribution in [0.25, 0.3) is 0 Å². The van der Waals surface area contributed by atoms with Crippen LogP contribution in [-0.4, -0.2) is 25.8 Å². The Balaban J connectivity index is 2.93. The van der Waals surface area contributed by atoms with Crippen LogP contribution in [0.1, 0.15) is 20.8 Å². The van der Waals surface area contributed by atoms with Gasteiger partial charge >= 0.3 is 6.09 Å². The molecule has 5 nitrogen and oxygen atoms in total. The lowest BCUT2D eigenvalue weighted by molar-refractivity contribution is 0.0589. The van der Waals surface area contributed by atoms with Crippen molar-refractivity contribution < 1.29 is 9.53 Å². The van der Waals surface area contributed by atoms with Gasteiger partial charge in [0.2, 0.25) is 0 Å². The molecule has 1 aromatic rings. The molecule has 0 unspecified atom stereocenters. The number of nitrogen functional groups attached to an aromatic ring is 1. The van der Waals surface area contributed by atoms with Crippen molar-refractivity contribution in [3.05, 3.63) is 18.2 Å². The Morgan fingerprint density at radius 2 is 1.94 bits per heavy atom. The first kappa shape index (κ1) is 14.2. The highest BCUT2D eigenvalue weighted by Gasteiger charge is 2.20. The molecule has 0 fully saturated rings. The molecule has 1 amide bonds. The molecule has 0 aliphatic rings. The van der Waals surface area contributed by atoms with Gasteiger partial charge in [0.05, 0.1) is 5.69 Å². The Labute approximate surface area is 108 Å². The molecular formula is C13H21N3O2. The highest BCUT2D eigenvalue weighted by molar-refractivity contribution is 5.89. The van der Waals surface area contributed by atoms with E-state index < -0.39 is 11.7 Å². The molecule has 1 rings (SSSR count). The molecule has 100 valence electrons. The Bertz CT molecular complexity index is 438. The second-order valence-electron chi connectivity index (χ2n) is 5.10. The van der Waals surface area contributed by atoms with E-state index in [1.54, 1.807) is 26.2 Å². The van der Waals surface area contributed by atoms with Crippen molar-refractivity contribution in [2.24, 2.45) is 0 Å². The normalized spacial score (nSPS) is 10.9. The monoisotopic (exact) mass is 251 g/mol. The smallest absolute Gasteiger partial charge is 0.414 e. The van der Waals surface area contributed by atoms with Crippen molar-refractivity contribution in [3.8, 4) is 0 Å². The molecule has 0 saturated carbocycles. The van der Waals surface area contributed by atoms with Gasteiger partial charge in [-0.2, -0.15) is 0 Å². The van der Waals surface area contributed by atoms with Crippen LogP contribution >= 0.6 is 0 Å². The number of hydrogen-bond donors (Lipinski definition) is 2. The van der Waals surface area contributed by atoms with Crippen LogP contribution in [0.4, 0.5) is 21.9 Å². The fraction of sp³-hybridized carbons (Fsp3) is 0.462. The predicted molar refractivity (Wildman–Crippen MR) is 75.0 cm³/mol. The molecule has 0 spiro atoms. The Kier molecular flexibility index (Phi) is 4.06. The van der Waals surface area contributed by atoms with Crippen molar-refractivity contribution in [2.45, 2.75) is 26.4 Å². The number of nitrogens with two attached hydrogens (primary N) is 1. The van der Waals surface area contributed by atoms with E-state index in [0.29, 0.717) is 11.4 Å². The van der Waals surface area contributed by atoms with Crippen LogP contribution in [0.2, 0.25) is 0 Å². The minimum absolute atomic E-state index is 0.407. The van der Waals surface area contributed by atoms with E-state index in [-0.39, 0.29) is 0 Å². The van der Waals surface area contributed by atoms with Gasteiger partial charge in [-0.15, -0.1) is 0 Å². The number of carbonyl (C=O) groups is 1. The molecule has 0 heterocycles. The minimum Gasteiger partial charge on any atom is -0.443 e. The zero-order valence-corrected chi connectivity index (χ0v) is 11.6. The number of ether oxygens (including phenoxy) is 1. The molecule has 0 bridgehead atoms. The molecule has 5 heteroatoms. The lowest BCUT2D eigenvalue weighted by Crippen LogP contribution is -2.34. The number of carbonyl (C=O) groups excluding carboxylic acids is 1. The van der Waals surface area contributed by atoms with Gasteiger partial charge in [0.1, 0.15) is 5.60 Å². The molecular weight excluding hydrogens is 230 g/mol. The van der Waals surface area contributed by atoms with Crippen LogP contribution in [-0.2, 0) is 4.74 Å². The van der Waals surface area contributed by atoms with E-state index in [4.69, 9.17) is 10.5 Å². The molecule has 0 aromatic heterocycles. The van der Waals surface area contributed by atoms with Gasteiger partial charge < -0.3 is 15.8 Å². The van der Waals surface area contributed by atoms with E-state index >= 15 is 0 Å². The summed E-state index contributed by atoms with van der Waals surface area (Å²) in [6, 6.07) is 5.36. The molecule has 18 heavy (non-hydrogen) atoms. The van der Waals surface area contributed by atoms with Gasteiger partial charge in [-0.25, -0.2) is 4.79 Å². The zero-order chi connectivity index (χ0) is 13.9. The van der Waals surface area contributed by atoms with Gasteiger partial charge in [0.15, 0.2) is 0 Å². The number of benzene rings is 1. The highest BCUT2D eigenvalue weighted by atomic mass is 16.6. The molecule has 0 atom stereocenters. The number of hydrogen-bond acceptors (Lipinski definition) is 4. The van der Waals surface area contributed by atoms with Crippen molar-refractivity contribution in [3.63, 3.8) is 0 Å². The van der Waals surface area contributed by atoms with Crippen LogP contribution in [0, 0.1) is 0 Å². The number of nitrogens with one attached hydrogen (secondary N) is 1. The first-order chi connectivity index (χ1) is 8.23. The number of anilines is 3. The van der Waals surface area contributed by atoms with Crippen molar-refractivity contribution >= 4 is 23.2 Å². The topological polar surface area (TPSA) is 67.6 Å². The first-order valence-corrected chi connectivity index (χ1v) is 5.78. The Morgan fingerprint density at radius 1 is 1.33 bits per heavy atom. The second-order valence-corrected chi connectivity index (χ2v) is 5.10. The number of rotatable bonds is 2. The molecule has 0 aliphatic heterocycles.